The van der Waals surface area contributed by atoms with Crippen molar-refractivity contribution in [2.24, 2.45) is 0 Å². The van der Waals surface area contributed by atoms with Crippen molar-refractivity contribution in [3.05, 3.63) is 57.2 Å². The van der Waals surface area contributed by atoms with Gasteiger partial charge in [-0.1, -0.05) is 24.6 Å². The summed E-state index contributed by atoms with van der Waals surface area (Å²) in [7, 11) is 0. The van der Waals surface area contributed by atoms with Crippen molar-refractivity contribution in [2.45, 2.75) is 19.4 Å². The second-order valence-electron chi connectivity index (χ2n) is 4.19. The lowest BCUT2D eigenvalue weighted by atomic mass is 10.0. The van der Waals surface area contributed by atoms with Crippen LogP contribution < -0.4 is 5.32 Å². The van der Waals surface area contributed by atoms with Crippen molar-refractivity contribution in [1.82, 2.24) is 5.32 Å². The number of furan rings is 1. The molecule has 2 aromatic rings. The minimum atomic E-state index is -0.344. The molecule has 0 spiro atoms. The predicted octanol–water partition coefficient (Wildman–Crippen LogP) is 4.92. The highest BCUT2D eigenvalue weighted by molar-refractivity contribution is 9.10. The quantitative estimate of drug-likeness (QED) is 0.831. The van der Waals surface area contributed by atoms with E-state index in [1.165, 1.54) is 12.1 Å². The molecule has 2 nitrogen and oxygen atoms in total. The highest BCUT2D eigenvalue weighted by Crippen LogP contribution is 2.31. The Bertz CT molecular complexity index is 558. The molecule has 102 valence electrons. The van der Waals surface area contributed by atoms with Crippen molar-refractivity contribution in [1.29, 1.82) is 0 Å². The monoisotopic (exact) mass is 345 g/mol. The maximum atomic E-state index is 13.1. The first-order valence-electron chi connectivity index (χ1n) is 6.05. The smallest absolute Gasteiger partial charge is 0.169 e. The van der Waals surface area contributed by atoms with Gasteiger partial charge < -0.3 is 9.73 Å². The second-order valence-corrected chi connectivity index (χ2v) is 5.38. The van der Waals surface area contributed by atoms with Gasteiger partial charge in [-0.2, -0.15) is 0 Å². The summed E-state index contributed by atoms with van der Waals surface area (Å²) in [5.41, 5.74) is 0.804. The lowest BCUT2D eigenvalue weighted by molar-refractivity contribution is 0.432. The van der Waals surface area contributed by atoms with E-state index in [1.807, 2.05) is 12.1 Å². The molecule has 1 heterocycles. The molecule has 0 amide bonds. The average molecular weight is 347 g/mol. The fourth-order valence-electron chi connectivity index (χ4n) is 1.87. The number of hydrogen-bond donors (Lipinski definition) is 1. The molecule has 1 aromatic heterocycles. The van der Waals surface area contributed by atoms with E-state index in [0.717, 1.165) is 24.3 Å². The van der Waals surface area contributed by atoms with Crippen LogP contribution in [-0.2, 0) is 0 Å². The van der Waals surface area contributed by atoms with Crippen LogP contribution in [0, 0.1) is 5.82 Å². The van der Waals surface area contributed by atoms with Gasteiger partial charge in [0.2, 0.25) is 0 Å². The van der Waals surface area contributed by atoms with E-state index in [-0.39, 0.29) is 11.9 Å². The van der Waals surface area contributed by atoms with Crippen LogP contribution in [0.5, 0.6) is 0 Å². The molecular formula is C14H14BrClFNO. The van der Waals surface area contributed by atoms with E-state index in [4.69, 9.17) is 16.0 Å². The Labute approximate surface area is 125 Å². The fourth-order valence-corrected chi connectivity index (χ4v) is 2.47. The van der Waals surface area contributed by atoms with Gasteiger partial charge in [0.25, 0.3) is 0 Å². The molecule has 1 aromatic carbocycles. The number of halogens is 3. The Kier molecular flexibility index (Phi) is 5.02. The Morgan fingerprint density at radius 2 is 2.16 bits per heavy atom. The van der Waals surface area contributed by atoms with Crippen molar-refractivity contribution in [2.75, 3.05) is 6.54 Å². The fraction of sp³-hybridized carbons (Fsp3) is 0.286. The summed E-state index contributed by atoms with van der Waals surface area (Å²) in [4.78, 5) is 0. The van der Waals surface area contributed by atoms with E-state index in [9.17, 15) is 4.39 Å². The zero-order valence-corrected chi connectivity index (χ0v) is 12.8. The van der Waals surface area contributed by atoms with Crippen molar-refractivity contribution < 1.29 is 8.81 Å². The Morgan fingerprint density at radius 3 is 2.74 bits per heavy atom. The van der Waals surface area contributed by atoms with E-state index in [2.05, 4.69) is 28.2 Å². The Balaban J connectivity index is 2.36. The minimum Gasteiger partial charge on any atom is -0.452 e. The maximum Gasteiger partial charge on any atom is 0.169 e. The molecule has 2 rings (SSSR count). The van der Waals surface area contributed by atoms with Gasteiger partial charge in [-0.3, -0.25) is 0 Å². The van der Waals surface area contributed by atoms with Crippen molar-refractivity contribution in [3.63, 3.8) is 0 Å². The molecule has 0 saturated carbocycles. The first kappa shape index (κ1) is 14.6. The third-order valence-corrected chi connectivity index (χ3v) is 3.50. The van der Waals surface area contributed by atoms with Gasteiger partial charge in [-0.25, -0.2) is 4.39 Å². The van der Waals surface area contributed by atoms with Crippen LogP contribution in [0.2, 0.25) is 5.02 Å². The van der Waals surface area contributed by atoms with Crippen LogP contribution in [0.15, 0.2) is 39.4 Å². The molecule has 1 unspecified atom stereocenters. The maximum absolute atomic E-state index is 13.1. The number of hydrogen-bond acceptors (Lipinski definition) is 2. The zero-order valence-electron chi connectivity index (χ0n) is 10.4. The molecule has 19 heavy (non-hydrogen) atoms. The van der Waals surface area contributed by atoms with E-state index < -0.39 is 0 Å². The van der Waals surface area contributed by atoms with Crippen molar-refractivity contribution >= 4 is 27.5 Å². The van der Waals surface area contributed by atoms with Gasteiger partial charge in [0.05, 0.1) is 6.04 Å². The molecule has 0 radical (unpaired) electrons. The first-order chi connectivity index (χ1) is 9.11. The highest BCUT2D eigenvalue weighted by Gasteiger charge is 2.20. The van der Waals surface area contributed by atoms with Crippen LogP contribution in [0.3, 0.4) is 0 Å². The largest absolute Gasteiger partial charge is 0.452 e. The molecule has 0 saturated heterocycles. The van der Waals surface area contributed by atoms with Gasteiger partial charge in [0.15, 0.2) is 4.67 Å². The second kappa shape index (κ2) is 6.55. The van der Waals surface area contributed by atoms with E-state index >= 15 is 0 Å². The molecule has 1 atom stereocenters. The van der Waals surface area contributed by atoms with Crippen LogP contribution in [0.25, 0.3) is 0 Å². The van der Waals surface area contributed by atoms with E-state index in [1.54, 1.807) is 6.07 Å². The third kappa shape index (κ3) is 3.59. The van der Waals surface area contributed by atoms with Gasteiger partial charge >= 0.3 is 0 Å². The number of rotatable bonds is 5. The van der Waals surface area contributed by atoms with Crippen molar-refractivity contribution in [3.8, 4) is 0 Å². The zero-order chi connectivity index (χ0) is 13.8. The normalized spacial score (nSPS) is 12.6. The van der Waals surface area contributed by atoms with Gasteiger partial charge in [-0.15, -0.1) is 0 Å². The van der Waals surface area contributed by atoms with Crippen LogP contribution >= 0.6 is 27.5 Å². The Hall–Kier alpha value is -0.840. The summed E-state index contributed by atoms with van der Waals surface area (Å²) in [6.07, 6.45) is 0.983. The molecular weight excluding hydrogens is 333 g/mol. The summed E-state index contributed by atoms with van der Waals surface area (Å²) in [5.74, 6) is 0.400. The topological polar surface area (TPSA) is 25.2 Å². The minimum absolute atomic E-state index is 0.181. The van der Waals surface area contributed by atoms with Gasteiger partial charge in [-0.05, 0) is 58.7 Å². The lowest BCUT2D eigenvalue weighted by Crippen LogP contribution is -2.23. The highest BCUT2D eigenvalue weighted by atomic mass is 79.9. The summed E-state index contributed by atoms with van der Waals surface area (Å²) in [5, 5.41) is 3.74. The summed E-state index contributed by atoms with van der Waals surface area (Å²) in [6.45, 7) is 2.89. The summed E-state index contributed by atoms with van der Waals surface area (Å²) >= 11 is 9.41. The molecule has 0 aliphatic rings. The first-order valence-corrected chi connectivity index (χ1v) is 7.22. The van der Waals surface area contributed by atoms with E-state index in [0.29, 0.717) is 9.69 Å². The molecule has 0 aliphatic carbocycles. The third-order valence-electron chi connectivity index (χ3n) is 2.75. The SMILES string of the molecule is CCCNC(c1ccc(Br)o1)c1ccc(F)cc1Cl. The number of nitrogens with one attached hydrogen (secondary N) is 1. The molecule has 0 aliphatic heterocycles. The van der Waals surface area contributed by atoms with Crippen LogP contribution in [0.1, 0.15) is 30.7 Å². The predicted molar refractivity (Wildman–Crippen MR) is 78.0 cm³/mol. The van der Waals surface area contributed by atoms with Crippen LogP contribution in [-0.4, -0.2) is 6.54 Å². The summed E-state index contributed by atoms with van der Waals surface area (Å²) < 4.78 is 19.4. The Morgan fingerprint density at radius 1 is 1.37 bits per heavy atom. The molecule has 1 N–H and O–H groups in total. The molecule has 5 heteroatoms. The number of benzene rings is 1. The van der Waals surface area contributed by atoms with Gasteiger partial charge in [0, 0.05) is 5.02 Å². The molecule has 0 bridgehead atoms. The average Bonchev–Trinajstić information content (AvgIpc) is 2.78. The molecule has 0 fully saturated rings. The van der Waals surface area contributed by atoms with Gasteiger partial charge in [0.1, 0.15) is 11.6 Å². The van der Waals surface area contributed by atoms with Crippen LogP contribution in [0.4, 0.5) is 4.39 Å². The standard InChI is InChI=1S/C14H14BrClFNO/c1-2-7-18-14(12-5-6-13(15)19-12)10-4-3-9(17)8-11(10)16/h3-6,8,14,18H,2,7H2,1H3. The lowest BCUT2D eigenvalue weighted by Gasteiger charge is -2.18. The summed E-state index contributed by atoms with van der Waals surface area (Å²) in [6, 6.07) is 7.92.